The van der Waals surface area contributed by atoms with Crippen molar-refractivity contribution in [3.63, 3.8) is 0 Å². The molecule has 3 unspecified atom stereocenters. The normalized spacial score (nSPS) is 26.2. The van der Waals surface area contributed by atoms with Gasteiger partial charge in [-0.25, -0.2) is 0 Å². The van der Waals surface area contributed by atoms with Crippen LogP contribution < -0.4 is 5.32 Å². The summed E-state index contributed by atoms with van der Waals surface area (Å²) in [5.74, 6) is 2.28. The monoisotopic (exact) mass is 261 g/mol. The Bertz CT molecular complexity index is 223. The van der Waals surface area contributed by atoms with E-state index in [0.29, 0.717) is 18.4 Å². The molecule has 0 saturated heterocycles. The van der Waals surface area contributed by atoms with Crippen LogP contribution in [0.1, 0.15) is 39.0 Å². The zero-order valence-corrected chi connectivity index (χ0v) is 12.1. The van der Waals surface area contributed by atoms with Gasteiger partial charge in [-0.1, -0.05) is 13.3 Å². The Labute approximate surface area is 108 Å². The molecule has 0 amide bonds. The fourth-order valence-corrected chi connectivity index (χ4v) is 3.66. The van der Waals surface area contributed by atoms with E-state index in [1.807, 2.05) is 0 Å². The van der Waals surface area contributed by atoms with Crippen molar-refractivity contribution < 1.29 is 8.95 Å². The molecule has 17 heavy (non-hydrogen) atoms. The Balaban J connectivity index is 2.18. The summed E-state index contributed by atoms with van der Waals surface area (Å²) < 4.78 is 16.6. The molecule has 1 fully saturated rings. The molecule has 0 aromatic heterocycles. The number of hydrogen-bond acceptors (Lipinski definition) is 3. The summed E-state index contributed by atoms with van der Waals surface area (Å²) in [6, 6.07) is 0.675. The maximum absolute atomic E-state index is 11.7. The summed E-state index contributed by atoms with van der Waals surface area (Å²) in [7, 11) is 0.976. The van der Waals surface area contributed by atoms with Crippen LogP contribution >= 0.6 is 0 Å². The molecule has 0 aromatic rings. The van der Waals surface area contributed by atoms with E-state index in [4.69, 9.17) is 4.74 Å². The van der Waals surface area contributed by atoms with Crippen LogP contribution in [-0.2, 0) is 15.5 Å². The van der Waals surface area contributed by atoms with Crippen LogP contribution in [0.4, 0.5) is 0 Å². The second kappa shape index (κ2) is 9.06. The molecule has 4 heteroatoms. The highest BCUT2D eigenvalue weighted by atomic mass is 32.2. The average molecular weight is 261 g/mol. The molecule has 3 atom stereocenters. The summed E-state index contributed by atoms with van der Waals surface area (Å²) in [5, 5.41) is 3.62. The zero-order valence-electron chi connectivity index (χ0n) is 11.2. The van der Waals surface area contributed by atoms with Gasteiger partial charge in [-0.3, -0.25) is 4.21 Å². The van der Waals surface area contributed by atoms with Crippen LogP contribution in [0.3, 0.4) is 0 Å². The number of rotatable bonds is 9. The summed E-state index contributed by atoms with van der Waals surface area (Å²) in [4.78, 5) is 0. The van der Waals surface area contributed by atoms with E-state index in [-0.39, 0.29) is 0 Å². The molecule has 0 heterocycles. The maximum Gasteiger partial charge on any atom is 0.0577 e. The van der Waals surface area contributed by atoms with Crippen molar-refractivity contribution in [3.05, 3.63) is 0 Å². The molecule has 102 valence electrons. The number of methoxy groups -OCH3 is 1. The summed E-state index contributed by atoms with van der Waals surface area (Å²) in [6.45, 7) is 3.94. The topological polar surface area (TPSA) is 38.3 Å². The van der Waals surface area contributed by atoms with Crippen molar-refractivity contribution in [2.24, 2.45) is 5.92 Å². The molecule has 0 radical (unpaired) electrons. The minimum absolute atomic E-state index is 0.620. The molecule has 3 nitrogen and oxygen atoms in total. The highest BCUT2D eigenvalue weighted by Gasteiger charge is 2.26. The smallest absolute Gasteiger partial charge is 0.0577 e. The summed E-state index contributed by atoms with van der Waals surface area (Å²) in [5.41, 5.74) is 0. The zero-order chi connectivity index (χ0) is 12.5. The van der Waals surface area contributed by atoms with Gasteiger partial charge in [0, 0.05) is 35.5 Å². The van der Waals surface area contributed by atoms with Gasteiger partial charge in [0.1, 0.15) is 0 Å². The standard InChI is InChI=1S/C13H27NO2S/c1-3-8-14-13-6-4-5-12(13)7-10-17(15)11-9-16-2/h12-14H,3-11H2,1-2H3. The molecule has 0 bridgehead atoms. The SMILES string of the molecule is CCCNC1CCCC1CCS(=O)CCOC. The van der Waals surface area contributed by atoms with Crippen molar-refractivity contribution in [3.8, 4) is 0 Å². The average Bonchev–Trinajstić information content (AvgIpc) is 2.78. The van der Waals surface area contributed by atoms with Gasteiger partial charge >= 0.3 is 0 Å². The van der Waals surface area contributed by atoms with Gasteiger partial charge < -0.3 is 10.1 Å². The van der Waals surface area contributed by atoms with Crippen molar-refractivity contribution in [1.82, 2.24) is 5.32 Å². The molecule has 1 aliphatic rings. The van der Waals surface area contributed by atoms with Crippen molar-refractivity contribution in [2.75, 3.05) is 31.8 Å². The quantitative estimate of drug-likeness (QED) is 0.689. The Kier molecular flexibility index (Phi) is 8.06. The molecular weight excluding hydrogens is 234 g/mol. The largest absolute Gasteiger partial charge is 0.384 e. The van der Waals surface area contributed by atoms with E-state index in [0.717, 1.165) is 24.6 Å². The van der Waals surface area contributed by atoms with Crippen molar-refractivity contribution in [2.45, 2.75) is 45.1 Å². The van der Waals surface area contributed by atoms with Gasteiger partial charge in [-0.05, 0) is 38.1 Å². The van der Waals surface area contributed by atoms with Crippen LogP contribution in [0.2, 0.25) is 0 Å². The van der Waals surface area contributed by atoms with Crippen LogP contribution in [0.15, 0.2) is 0 Å². The minimum Gasteiger partial charge on any atom is -0.384 e. The Hall–Kier alpha value is 0.0700. The second-order valence-corrected chi connectivity index (χ2v) is 6.58. The van der Waals surface area contributed by atoms with Gasteiger partial charge in [0.25, 0.3) is 0 Å². The van der Waals surface area contributed by atoms with E-state index in [9.17, 15) is 4.21 Å². The molecule has 0 spiro atoms. The van der Waals surface area contributed by atoms with E-state index < -0.39 is 10.8 Å². The van der Waals surface area contributed by atoms with Crippen LogP contribution in [0.5, 0.6) is 0 Å². The number of ether oxygens (including phenoxy) is 1. The molecule has 1 rings (SSSR count). The van der Waals surface area contributed by atoms with Gasteiger partial charge in [0.2, 0.25) is 0 Å². The molecule has 1 N–H and O–H groups in total. The Morgan fingerprint density at radius 2 is 2.18 bits per heavy atom. The first-order valence-electron chi connectivity index (χ1n) is 6.85. The lowest BCUT2D eigenvalue weighted by molar-refractivity contribution is 0.218. The predicted octanol–water partition coefficient (Wildman–Crippen LogP) is 1.94. The first-order chi connectivity index (χ1) is 8.27. The molecule has 0 aliphatic heterocycles. The first kappa shape index (κ1) is 15.1. The second-order valence-electron chi connectivity index (χ2n) is 4.88. The van der Waals surface area contributed by atoms with Crippen LogP contribution in [0, 0.1) is 5.92 Å². The molecule has 1 saturated carbocycles. The Morgan fingerprint density at radius 3 is 2.88 bits per heavy atom. The highest BCUT2D eigenvalue weighted by Crippen LogP contribution is 2.28. The minimum atomic E-state index is -0.689. The first-order valence-corrected chi connectivity index (χ1v) is 8.34. The third-order valence-electron chi connectivity index (χ3n) is 3.55. The van der Waals surface area contributed by atoms with E-state index in [1.165, 1.54) is 25.7 Å². The molecule has 0 aromatic carbocycles. The van der Waals surface area contributed by atoms with Crippen molar-refractivity contribution in [1.29, 1.82) is 0 Å². The summed E-state index contributed by atoms with van der Waals surface area (Å²) >= 11 is 0. The van der Waals surface area contributed by atoms with Gasteiger partial charge in [0.15, 0.2) is 0 Å². The van der Waals surface area contributed by atoms with Crippen LogP contribution in [0.25, 0.3) is 0 Å². The summed E-state index contributed by atoms with van der Waals surface area (Å²) in [6.07, 6.45) is 6.25. The van der Waals surface area contributed by atoms with Gasteiger partial charge in [-0.2, -0.15) is 0 Å². The maximum atomic E-state index is 11.7. The van der Waals surface area contributed by atoms with Crippen molar-refractivity contribution >= 4 is 10.8 Å². The lowest BCUT2D eigenvalue weighted by Crippen LogP contribution is -2.33. The highest BCUT2D eigenvalue weighted by molar-refractivity contribution is 7.84. The Morgan fingerprint density at radius 1 is 1.35 bits per heavy atom. The third kappa shape index (κ3) is 5.98. The fraction of sp³-hybridized carbons (Fsp3) is 1.00. The van der Waals surface area contributed by atoms with E-state index >= 15 is 0 Å². The van der Waals surface area contributed by atoms with E-state index in [2.05, 4.69) is 12.2 Å². The lowest BCUT2D eigenvalue weighted by atomic mass is 10.0. The molecule has 1 aliphatic carbocycles. The third-order valence-corrected chi connectivity index (χ3v) is 4.86. The van der Waals surface area contributed by atoms with E-state index in [1.54, 1.807) is 7.11 Å². The van der Waals surface area contributed by atoms with Gasteiger partial charge in [0.05, 0.1) is 6.61 Å². The lowest BCUT2D eigenvalue weighted by Gasteiger charge is -2.20. The van der Waals surface area contributed by atoms with Crippen LogP contribution in [-0.4, -0.2) is 42.0 Å². The van der Waals surface area contributed by atoms with Gasteiger partial charge in [-0.15, -0.1) is 0 Å². The fourth-order valence-electron chi connectivity index (χ4n) is 2.54. The molecular formula is C13H27NO2S. The predicted molar refractivity (Wildman–Crippen MR) is 73.8 cm³/mol. The number of hydrogen-bond donors (Lipinski definition) is 1. The number of nitrogens with one attached hydrogen (secondary N) is 1.